The lowest BCUT2D eigenvalue weighted by Crippen LogP contribution is -2.53. The van der Waals surface area contributed by atoms with Crippen LogP contribution in [0.25, 0.3) is 0 Å². The van der Waals surface area contributed by atoms with Crippen molar-refractivity contribution in [3.63, 3.8) is 0 Å². The number of carbonyl (C=O) groups is 1. The molecule has 0 aliphatic carbocycles. The Kier molecular flexibility index (Phi) is 3.76. The van der Waals surface area contributed by atoms with E-state index in [0.717, 1.165) is 6.54 Å². The van der Waals surface area contributed by atoms with Crippen molar-refractivity contribution in [3.05, 3.63) is 54.1 Å². The number of para-hydroxylation sites is 1. The quantitative estimate of drug-likeness (QED) is 0.917. The monoisotopic (exact) mass is 324 g/mol. The summed E-state index contributed by atoms with van der Waals surface area (Å²) >= 11 is 0. The van der Waals surface area contributed by atoms with Crippen LogP contribution in [0.5, 0.6) is 11.5 Å². The molecule has 1 N–H and O–H groups in total. The number of fused-ring (bicyclic) bond motifs is 1. The van der Waals surface area contributed by atoms with Crippen LogP contribution < -0.4 is 14.8 Å². The van der Waals surface area contributed by atoms with Gasteiger partial charge in [-0.2, -0.15) is 0 Å². The van der Waals surface area contributed by atoms with Gasteiger partial charge < -0.3 is 19.7 Å². The van der Waals surface area contributed by atoms with E-state index >= 15 is 0 Å². The van der Waals surface area contributed by atoms with Crippen molar-refractivity contribution in [1.29, 1.82) is 0 Å². The summed E-state index contributed by atoms with van der Waals surface area (Å²) < 4.78 is 11.2. The number of carbonyl (C=O) groups excluding carboxylic acids is 1. The lowest BCUT2D eigenvalue weighted by molar-refractivity contribution is 0.0670. The van der Waals surface area contributed by atoms with Gasteiger partial charge in [-0.25, -0.2) is 4.79 Å². The molecule has 1 fully saturated rings. The van der Waals surface area contributed by atoms with Gasteiger partial charge in [-0.05, 0) is 23.6 Å². The molecule has 0 radical (unpaired) electrons. The number of hydrogen-bond donors (Lipinski definition) is 1. The third-order valence-corrected chi connectivity index (χ3v) is 4.57. The molecule has 5 heteroatoms. The molecular formula is C19H20N2O3. The number of hydrogen-bond acceptors (Lipinski definition) is 3. The minimum absolute atomic E-state index is 0.107. The molecule has 24 heavy (non-hydrogen) atoms. The summed E-state index contributed by atoms with van der Waals surface area (Å²) in [6, 6.07) is 15.7. The number of nitrogens with one attached hydrogen (secondary N) is 1. The second kappa shape index (κ2) is 6.07. The van der Waals surface area contributed by atoms with Crippen LogP contribution in [-0.4, -0.2) is 30.7 Å². The first-order valence-corrected chi connectivity index (χ1v) is 8.25. The number of ether oxygens (including phenoxy) is 2. The second-order valence-electron chi connectivity index (χ2n) is 6.25. The lowest BCUT2D eigenvalue weighted by atomic mass is 9.85. The summed E-state index contributed by atoms with van der Waals surface area (Å²) in [5.74, 6) is 1.74. The minimum Gasteiger partial charge on any atom is -0.486 e. The molecule has 2 heterocycles. The molecular weight excluding hydrogens is 304 g/mol. The molecule has 0 aromatic heterocycles. The smallest absolute Gasteiger partial charge is 0.322 e. The minimum atomic E-state index is -0.107. The van der Waals surface area contributed by atoms with Crippen molar-refractivity contribution in [2.45, 2.75) is 13.0 Å². The summed E-state index contributed by atoms with van der Waals surface area (Å²) in [6.45, 7) is 3.94. The third-order valence-electron chi connectivity index (χ3n) is 4.57. The van der Waals surface area contributed by atoms with E-state index in [1.165, 1.54) is 5.56 Å². The Balaban J connectivity index is 1.53. The van der Waals surface area contributed by atoms with Crippen molar-refractivity contribution in [2.24, 2.45) is 5.92 Å². The Morgan fingerprint density at radius 1 is 1.08 bits per heavy atom. The molecule has 2 amide bonds. The standard InChI is InChI=1S/C19H20N2O3/c1-13-12-21(17(13)14-6-3-2-4-7-14)19(22)20-15-8-5-9-16-18(15)24-11-10-23-16/h2-9,13,17H,10-12H2,1H3,(H,20,22). The third kappa shape index (κ3) is 2.56. The van der Waals surface area contributed by atoms with Crippen LogP contribution >= 0.6 is 0 Å². The molecule has 0 saturated carbocycles. The SMILES string of the molecule is CC1CN(C(=O)Nc2cccc3c2OCCO3)C1c1ccccc1. The number of likely N-dealkylation sites (tertiary alicyclic amines) is 1. The van der Waals surface area contributed by atoms with Crippen molar-refractivity contribution in [3.8, 4) is 11.5 Å². The highest BCUT2D eigenvalue weighted by atomic mass is 16.6. The molecule has 0 spiro atoms. The zero-order valence-corrected chi connectivity index (χ0v) is 13.6. The first-order chi connectivity index (χ1) is 11.7. The average molecular weight is 324 g/mol. The first kappa shape index (κ1) is 14.9. The number of rotatable bonds is 2. The van der Waals surface area contributed by atoms with Gasteiger partial charge in [-0.3, -0.25) is 0 Å². The van der Waals surface area contributed by atoms with Crippen molar-refractivity contribution in [1.82, 2.24) is 4.90 Å². The van der Waals surface area contributed by atoms with E-state index in [1.54, 1.807) is 0 Å². The molecule has 124 valence electrons. The highest BCUT2D eigenvalue weighted by molar-refractivity contribution is 5.92. The van der Waals surface area contributed by atoms with Crippen LogP contribution in [0, 0.1) is 5.92 Å². The largest absolute Gasteiger partial charge is 0.486 e. The molecule has 2 aromatic carbocycles. The van der Waals surface area contributed by atoms with E-state index < -0.39 is 0 Å². The maximum Gasteiger partial charge on any atom is 0.322 e. The zero-order valence-electron chi connectivity index (χ0n) is 13.6. The Labute approximate surface area is 141 Å². The molecule has 2 aliphatic rings. The summed E-state index contributed by atoms with van der Waals surface area (Å²) in [5.41, 5.74) is 1.82. The average Bonchev–Trinajstić information content (AvgIpc) is 2.60. The highest BCUT2D eigenvalue weighted by Crippen LogP contribution is 2.41. The topological polar surface area (TPSA) is 50.8 Å². The predicted octanol–water partition coefficient (Wildman–Crippen LogP) is 3.68. The van der Waals surface area contributed by atoms with Gasteiger partial charge in [-0.15, -0.1) is 0 Å². The molecule has 2 aromatic rings. The summed E-state index contributed by atoms with van der Waals surface area (Å²) in [4.78, 5) is 14.6. The molecule has 0 bridgehead atoms. The molecule has 4 rings (SSSR count). The van der Waals surface area contributed by atoms with Crippen molar-refractivity contribution >= 4 is 11.7 Å². The maximum absolute atomic E-state index is 12.7. The molecule has 2 atom stereocenters. The van der Waals surface area contributed by atoms with Crippen LogP contribution in [-0.2, 0) is 0 Å². The summed E-state index contributed by atoms with van der Waals surface area (Å²) in [6.07, 6.45) is 0. The number of nitrogens with zero attached hydrogens (tertiary/aromatic N) is 1. The molecule has 2 unspecified atom stereocenters. The van der Waals surface area contributed by atoms with Gasteiger partial charge in [0.25, 0.3) is 0 Å². The Morgan fingerprint density at radius 2 is 1.88 bits per heavy atom. The Bertz CT molecular complexity index is 748. The first-order valence-electron chi connectivity index (χ1n) is 8.25. The number of urea groups is 1. The molecule has 2 aliphatic heterocycles. The van der Waals surface area contributed by atoms with Crippen LogP contribution in [0.2, 0.25) is 0 Å². The maximum atomic E-state index is 12.7. The number of amides is 2. The predicted molar refractivity (Wildman–Crippen MR) is 91.5 cm³/mol. The summed E-state index contributed by atoms with van der Waals surface area (Å²) in [7, 11) is 0. The van der Waals surface area contributed by atoms with Gasteiger partial charge in [0, 0.05) is 6.54 Å². The van der Waals surface area contributed by atoms with Crippen LogP contribution in [0.4, 0.5) is 10.5 Å². The van der Waals surface area contributed by atoms with E-state index in [-0.39, 0.29) is 12.1 Å². The normalized spacial score (nSPS) is 21.8. The fourth-order valence-corrected chi connectivity index (χ4v) is 3.42. The van der Waals surface area contributed by atoms with Gasteiger partial charge in [-0.1, -0.05) is 43.3 Å². The molecule has 1 saturated heterocycles. The molecule has 5 nitrogen and oxygen atoms in total. The number of anilines is 1. The second-order valence-corrected chi connectivity index (χ2v) is 6.25. The van der Waals surface area contributed by atoms with Gasteiger partial charge in [0.2, 0.25) is 0 Å². The van der Waals surface area contributed by atoms with E-state index in [0.29, 0.717) is 36.3 Å². The summed E-state index contributed by atoms with van der Waals surface area (Å²) in [5, 5.41) is 2.97. The van der Waals surface area contributed by atoms with Crippen molar-refractivity contribution in [2.75, 3.05) is 25.1 Å². The fraction of sp³-hybridized carbons (Fsp3) is 0.316. The Morgan fingerprint density at radius 3 is 2.67 bits per heavy atom. The lowest BCUT2D eigenvalue weighted by Gasteiger charge is -2.46. The Hall–Kier alpha value is -2.69. The van der Waals surface area contributed by atoms with Crippen LogP contribution in [0.3, 0.4) is 0 Å². The zero-order chi connectivity index (χ0) is 16.5. The number of benzene rings is 2. The van der Waals surface area contributed by atoms with E-state index in [9.17, 15) is 4.79 Å². The van der Waals surface area contributed by atoms with Gasteiger partial charge in [0.05, 0.1) is 11.7 Å². The fourth-order valence-electron chi connectivity index (χ4n) is 3.42. The van der Waals surface area contributed by atoms with Crippen LogP contribution in [0.1, 0.15) is 18.5 Å². The highest BCUT2D eigenvalue weighted by Gasteiger charge is 2.40. The van der Waals surface area contributed by atoms with E-state index in [2.05, 4.69) is 24.4 Å². The van der Waals surface area contributed by atoms with Crippen molar-refractivity contribution < 1.29 is 14.3 Å². The van der Waals surface area contributed by atoms with E-state index in [1.807, 2.05) is 41.3 Å². The van der Waals surface area contributed by atoms with Gasteiger partial charge in [0.15, 0.2) is 11.5 Å². The van der Waals surface area contributed by atoms with Crippen LogP contribution in [0.15, 0.2) is 48.5 Å². The van der Waals surface area contributed by atoms with Gasteiger partial charge in [0.1, 0.15) is 13.2 Å². The van der Waals surface area contributed by atoms with Gasteiger partial charge >= 0.3 is 6.03 Å². The van der Waals surface area contributed by atoms with E-state index in [4.69, 9.17) is 9.47 Å².